The van der Waals surface area contributed by atoms with E-state index in [9.17, 15) is 5.11 Å². The third kappa shape index (κ3) is 2.40. The maximum atomic E-state index is 9.62. The highest BCUT2D eigenvalue weighted by atomic mass is 16.5. The van der Waals surface area contributed by atoms with Crippen LogP contribution < -0.4 is 15.2 Å². The summed E-state index contributed by atoms with van der Waals surface area (Å²) in [5.41, 5.74) is 7.05. The number of aliphatic hydroxyl groups is 1. The van der Waals surface area contributed by atoms with Gasteiger partial charge in [-0.1, -0.05) is 0 Å². The quantitative estimate of drug-likeness (QED) is 0.780. The smallest absolute Gasteiger partial charge is 0.163 e. The van der Waals surface area contributed by atoms with Crippen LogP contribution in [0.4, 0.5) is 0 Å². The van der Waals surface area contributed by atoms with Crippen molar-refractivity contribution in [2.75, 3.05) is 20.8 Å². The van der Waals surface area contributed by atoms with E-state index in [1.807, 2.05) is 13.0 Å². The van der Waals surface area contributed by atoms with E-state index in [4.69, 9.17) is 15.2 Å². The maximum absolute atomic E-state index is 9.62. The lowest BCUT2D eigenvalue weighted by Gasteiger charge is -2.15. The topological polar surface area (TPSA) is 64.7 Å². The van der Waals surface area contributed by atoms with Crippen molar-refractivity contribution < 1.29 is 14.6 Å². The molecule has 84 valence electrons. The van der Waals surface area contributed by atoms with Crippen molar-refractivity contribution in [1.82, 2.24) is 0 Å². The Morgan fingerprint density at radius 1 is 1.33 bits per heavy atom. The highest BCUT2D eigenvalue weighted by Crippen LogP contribution is 2.33. The lowest BCUT2D eigenvalue weighted by molar-refractivity contribution is 0.186. The van der Waals surface area contributed by atoms with Crippen LogP contribution in [0.15, 0.2) is 12.1 Å². The summed E-state index contributed by atoms with van der Waals surface area (Å²) in [7, 11) is 3.15. The van der Waals surface area contributed by atoms with Crippen LogP contribution in [0.2, 0.25) is 0 Å². The second-order valence-electron chi connectivity index (χ2n) is 3.32. The van der Waals surface area contributed by atoms with Crippen molar-refractivity contribution in [3.05, 3.63) is 23.3 Å². The van der Waals surface area contributed by atoms with E-state index >= 15 is 0 Å². The summed E-state index contributed by atoms with van der Waals surface area (Å²) in [6, 6.07) is 3.59. The van der Waals surface area contributed by atoms with Crippen LogP contribution in [0.1, 0.15) is 17.2 Å². The van der Waals surface area contributed by atoms with E-state index in [1.165, 1.54) is 0 Å². The van der Waals surface area contributed by atoms with Crippen LogP contribution in [0.5, 0.6) is 11.5 Å². The minimum absolute atomic E-state index is 0.189. The Labute approximate surface area is 89.6 Å². The Balaban J connectivity index is 3.19. The molecule has 1 aromatic carbocycles. The molecular weight excluding hydrogens is 194 g/mol. The predicted molar refractivity (Wildman–Crippen MR) is 58.3 cm³/mol. The summed E-state index contributed by atoms with van der Waals surface area (Å²) in [6.45, 7) is 2.09. The second kappa shape index (κ2) is 5.00. The standard InChI is InChI=1S/C11H17NO3/c1-7-4-8(9(13)6-12)5-10(14-2)11(7)15-3/h4-5,9,13H,6,12H2,1-3H3. The average Bonchev–Trinajstić information content (AvgIpc) is 2.26. The van der Waals surface area contributed by atoms with Gasteiger partial charge in [0, 0.05) is 6.54 Å². The molecule has 0 radical (unpaired) electrons. The third-order valence-electron chi connectivity index (χ3n) is 2.29. The van der Waals surface area contributed by atoms with Crippen molar-refractivity contribution in [3.8, 4) is 11.5 Å². The van der Waals surface area contributed by atoms with E-state index in [2.05, 4.69) is 0 Å². The van der Waals surface area contributed by atoms with E-state index in [0.29, 0.717) is 11.5 Å². The van der Waals surface area contributed by atoms with Crippen LogP contribution in [0.3, 0.4) is 0 Å². The van der Waals surface area contributed by atoms with Gasteiger partial charge in [0.25, 0.3) is 0 Å². The zero-order valence-corrected chi connectivity index (χ0v) is 9.28. The normalized spacial score (nSPS) is 12.3. The van der Waals surface area contributed by atoms with Gasteiger partial charge in [0.2, 0.25) is 0 Å². The summed E-state index contributed by atoms with van der Waals surface area (Å²) in [4.78, 5) is 0. The van der Waals surface area contributed by atoms with Crippen molar-refractivity contribution in [2.24, 2.45) is 5.73 Å². The molecule has 0 aliphatic carbocycles. The highest BCUT2D eigenvalue weighted by molar-refractivity contribution is 5.49. The highest BCUT2D eigenvalue weighted by Gasteiger charge is 2.13. The molecule has 3 N–H and O–H groups in total. The summed E-state index contributed by atoms with van der Waals surface area (Å²) in [5, 5.41) is 9.62. The number of hydrogen-bond donors (Lipinski definition) is 2. The Bertz CT molecular complexity index is 339. The molecule has 0 amide bonds. The molecule has 0 saturated carbocycles. The fourth-order valence-electron chi connectivity index (χ4n) is 1.51. The van der Waals surface area contributed by atoms with Crippen LogP contribution in [0, 0.1) is 6.92 Å². The molecule has 0 saturated heterocycles. The molecule has 0 heterocycles. The SMILES string of the molecule is COc1cc(C(O)CN)cc(C)c1OC. The second-order valence-corrected chi connectivity index (χ2v) is 3.32. The molecule has 0 aliphatic rings. The Kier molecular flexibility index (Phi) is 3.94. The van der Waals surface area contributed by atoms with Gasteiger partial charge in [-0.05, 0) is 30.2 Å². The van der Waals surface area contributed by atoms with E-state index in [1.54, 1.807) is 20.3 Å². The van der Waals surface area contributed by atoms with Crippen molar-refractivity contribution in [3.63, 3.8) is 0 Å². The molecule has 0 aliphatic heterocycles. The largest absolute Gasteiger partial charge is 0.493 e. The average molecular weight is 211 g/mol. The van der Waals surface area contributed by atoms with Crippen molar-refractivity contribution in [1.29, 1.82) is 0 Å². The third-order valence-corrected chi connectivity index (χ3v) is 2.29. The van der Waals surface area contributed by atoms with E-state index in [-0.39, 0.29) is 6.54 Å². The van der Waals surface area contributed by atoms with Gasteiger partial charge in [0.15, 0.2) is 11.5 Å². The number of nitrogens with two attached hydrogens (primary N) is 1. The summed E-state index contributed by atoms with van der Waals surface area (Å²) >= 11 is 0. The minimum atomic E-state index is -0.663. The van der Waals surface area contributed by atoms with Crippen LogP contribution in [-0.2, 0) is 0 Å². The zero-order chi connectivity index (χ0) is 11.4. The van der Waals surface area contributed by atoms with Gasteiger partial charge >= 0.3 is 0 Å². The fourth-order valence-corrected chi connectivity index (χ4v) is 1.51. The lowest BCUT2D eigenvalue weighted by atomic mass is 10.0. The van der Waals surface area contributed by atoms with Gasteiger partial charge in [-0.25, -0.2) is 0 Å². The maximum Gasteiger partial charge on any atom is 0.163 e. The number of hydrogen-bond acceptors (Lipinski definition) is 4. The number of benzene rings is 1. The number of methoxy groups -OCH3 is 2. The monoisotopic (exact) mass is 211 g/mol. The van der Waals surface area contributed by atoms with Crippen molar-refractivity contribution in [2.45, 2.75) is 13.0 Å². The first kappa shape index (κ1) is 11.8. The molecule has 4 nitrogen and oxygen atoms in total. The van der Waals surface area contributed by atoms with Gasteiger partial charge in [-0.2, -0.15) is 0 Å². The van der Waals surface area contributed by atoms with Gasteiger partial charge in [0.05, 0.1) is 20.3 Å². The van der Waals surface area contributed by atoms with E-state index in [0.717, 1.165) is 11.1 Å². The van der Waals surface area contributed by atoms with Crippen LogP contribution in [0.25, 0.3) is 0 Å². The Morgan fingerprint density at radius 2 is 2.00 bits per heavy atom. The molecule has 1 aromatic rings. The fraction of sp³-hybridized carbons (Fsp3) is 0.455. The number of rotatable bonds is 4. The molecule has 15 heavy (non-hydrogen) atoms. The van der Waals surface area contributed by atoms with Crippen LogP contribution >= 0.6 is 0 Å². The molecule has 0 spiro atoms. The molecule has 1 atom stereocenters. The number of ether oxygens (including phenoxy) is 2. The van der Waals surface area contributed by atoms with Gasteiger partial charge in [0.1, 0.15) is 0 Å². The minimum Gasteiger partial charge on any atom is -0.493 e. The summed E-state index contributed by atoms with van der Waals surface area (Å²) < 4.78 is 10.4. The van der Waals surface area contributed by atoms with Gasteiger partial charge in [-0.15, -0.1) is 0 Å². The molecule has 0 fully saturated rings. The number of aryl methyl sites for hydroxylation is 1. The molecule has 0 aromatic heterocycles. The Hall–Kier alpha value is -1.26. The van der Waals surface area contributed by atoms with Crippen LogP contribution in [-0.4, -0.2) is 25.9 Å². The summed E-state index contributed by atoms with van der Waals surface area (Å²) in [5.74, 6) is 1.30. The van der Waals surface area contributed by atoms with E-state index < -0.39 is 6.10 Å². The molecule has 1 rings (SSSR count). The lowest BCUT2D eigenvalue weighted by Crippen LogP contribution is -2.12. The summed E-state index contributed by atoms with van der Waals surface area (Å²) in [6.07, 6.45) is -0.663. The first-order valence-electron chi connectivity index (χ1n) is 4.74. The first-order valence-corrected chi connectivity index (χ1v) is 4.74. The van der Waals surface area contributed by atoms with Crippen molar-refractivity contribution >= 4 is 0 Å². The van der Waals surface area contributed by atoms with Gasteiger partial charge in [-0.3, -0.25) is 0 Å². The molecule has 1 unspecified atom stereocenters. The zero-order valence-electron chi connectivity index (χ0n) is 9.28. The predicted octanol–water partition coefficient (Wildman–Crippen LogP) is 1.00. The van der Waals surface area contributed by atoms with Gasteiger partial charge < -0.3 is 20.3 Å². The first-order chi connectivity index (χ1) is 7.13. The molecular formula is C11H17NO3. The molecule has 0 bridgehead atoms. The Morgan fingerprint density at radius 3 is 2.47 bits per heavy atom. The number of aliphatic hydroxyl groups excluding tert-OH is 1. The molecule has 4 heteroatoms.